The molecule has 2 aliphatic heterocycles. The van der Waals surface area contributed by atoms with Gasteiger partial charge < -0.3 is 24.6 Å². The molecule has 2 aromatic rings. The minimum Gasteiger partial charge on any atom is -0.449 e. The minimum absolute atomic E-state index is 0.0937. The third-order valence-corrected chi connectivity index (χ3v) is 10.5. The number of nitrogens with one attached hydrogen (secondary N) is 1. The molecule has 0 spiro atoms. The molecule has 1 unspecified atom stereocenters. The van der Waals surface area contributed by atoms with Crippen molar-refractivity contribution in [2.45, 2.75) is 56.3 Å². The Labute approximate surface area is 269 Å². The van der Waals surface area contributed by atoms with Crippen molar-refractivity contribution in [3.8, 4) is 0 Å². The Morgan fingerprint density at radius 2 is 1.91 bits per heavy atom. The van der Waals surface area contributed by atoms with Gasteiger partial charge >= 0.3 is 6.09 Å². The zero-order valence-corrected chi connectivity index (χ0v) is 26.9. The molecule has 1 aromatic heterocycles. The van der Waals surface area contributed by atoms with Crippen molar-refractivity contribution in [1.82, 2.24) is 25.0 Å². The number of aliphatic imine (C=N–C) groups is 1. The number of piperazine rings is 1. The molecule has 10 nitrogen and oxygen atoms in total. The van der Waals surface area contributed by atoms with Gasteiger partial charge in [0.1, 0.15) is 5.60 Å². The van der Waals surface area contributed by atoms with E-state index in [9.17, 15) is 9.59 Å². The first-order valence-corrected chi connectivity index (χ1v) is 16.3. The summed E-state index contributed by atoms with van der Waals surface area (Å²) < 4.78 is 11.3. The number of carbonyl (C=O) groups is 2. The van der Waals surface area contributed by atoms with Gasteiger partial charge in [0.15, 0.2) is 0 Å². The van der Waals surface area contributed by atoms with Crippen LogP contribution in [0.5, 0.6) is 0 Å². The number of pyridine rings is 1. The summed E-state index contributed by atoms with van der Waals surface area (Å²) in [6, 6.07) is 9.39. The maximum atomic E-state index is 13.7. The van der Waals surface area contributed by atoms with Gasteiger partial charge in [-0.15, -0.1) is 0 Å². The molecule has 238 valence electrons. The van der Waals surface area contributed by atoms with Crippen LogP contribution in [0, 0.1) is 5.41 Å². The molecule has 1 aromatic carbocycles. The molecule has 0 bridgehead atoms. The van der Waals surface area contributed by atoms with Crippen molar-refractivity contribution in [2.24, 2.45) is 10.4 Å². The lowest BCUT2D eigenvalue weighted by Crippen LogP contribution is -2.53. The minimum atomic E-state index is -0.780. The molecule has 1 saturated heterocycles. The van der Waals surface area contributed by atoms with Crippen LogP contribution in [0.25, 0.3) is 11.6 Å². The Morgan fingerprint density at radius 3 is 2.58 bits per heavy atom. The highest BCUT2D eigenvalue weighted by Gasteiger charge is 2.52. The lowest BCUT2D eigenvalue weighted by atomic mass is 9.87. The fraction of sp³-hybridized carbons (Fsp3) is 0.529. The van der Waals surface area contributed by atoms with Crippen molar-refractivity contribution in [3.05, 3.63) is 63.9 Å². The van der Waals surface area contributed by atoms with E-state index < -0.39 is 5.60 Å². The van der Waals surface area contributed by atoms with Crippen molar-refractivity contribution < 1.29 is 19.1 Å². The largest absolute Gasteiger partial charge is 0.449 e. The molecule has 3 fully saturated rings. The van der Waals surface area contributed by atoms with Crippen molar-refractivity contribution in [3.63, 3.8) is 0 Å². The number of rotatable bonds is 8. The molecular weight excluding hydrogens is 592 g/mol. The lowest BCUT2D eigenvalue weighted by molar-refractivity contribution is -0.134. The molecule has 1 N–H and O–H groups in total. The highest BCUT2D eigenvalue weighted by molar-refractivity contribution is 6.30. The van der Waals surface area contributed by atoms with E-state index in [4.69, 9.17) is 26.1 Å². The van der Waals surface area contributed by atoms with E-state index >= 15 is 0 Å². The van der Waals surface area contributed by atoms with Crippen molar-refractivity contribution >= 4 is 41.6 Å². The standard InChI is InChI=1S/C34H41ClN6O4/c1-33(8-9-33)20-45-32(43)41-15-13-40(14-16-41)30-24-7-6-23(35)18-25(24)26(17-22-5-4-12-37-28(22)30)29(27-19-36-21-39(27)2)38-31(42)34(44-3)10-11-34/h4-7,12,17-18,21,27,29-30H,8-11,13-16,19-20H2,1-3H3,(H,38,42)/t27?,29-,30+/m1/s1. The molecule has 11 heteroatoms. The Hall–Kier alpha value is -3.47. The maximum Gasteiger partial charge on any atom is 0.409 e. The number of halogens is 1. The van der Waals surface area contributed by atoms with E-state index in [0.29, 0.717) is 57.2 Å². The number of methoxy groups -OCH3 is 1. The molecule has 7 rings (SSSR count). The topological polar surface area (TPSA) is 99.6 Å². The molecule has 0 radical (unpaired) electrons. The number of likely N-dealkylation sites (N-methyl/N-ethyl adjacent to an activating group) is 1. The highest BCUT2D eigenvalue weighted by atomic mass is 35.5. The number of carbonyl (C=O) groups excluding carboxylic acids is 2. The lowest BCUT2D eigenvalue weighted by Gasteiger charge is -2.39. The summed E-state index contributed by atoms with van der Waals surface area (Å²) in [5.41, 5.74) is 4.29. The number of ether oxygens (including phenoxy) is 2. The first-order valence-electron chi connectivity index (χ1n) is 15.9. The van der Waals surface area contributed by atoms with Gasteiger partial charge in [0.2, 0.25) is 0 Å². The number of hydrogen-bond acceptors (Lipinski definition) is 8. The average molecular weight is 633 g/mol. The second-order valence-corrected chi connectivity index (χ2v) is 13.9. The van der Waals surface area contributed by atoms with Crippen LogP contribution in [0.2, 0.25) is 5.02 Å². The van der Waals surface area contributed by atoms with E-state index in [-0.39, 0.29) is 35.5 Å². The van der Waals surface area contributed by atoms with Crippen LogP contribution in [0.1, 0.15) is 61.0 Å². The Balaban J connectivity index is 1.23. The SMILES string of the molecule is COC1(C(=O)N[C@H](C2=Cc3cccnc3[C@@H](N3CCN(C(=O)OCC4(C)CC4)CC3)c3ccc(Cl)cc32)C2CN=CN2C)CC1. The Bertz CT molecular complexity index is 1540. The highest BCUT2D eigenvalue weighted by Crippen LogP contribution is 2.46. The number of hydrogen-bond donors (Lipinski definition) is 1. The molecule has 3 aliphatic carbocycles. The molecule has 2 amide bonds. The monoisotopic (exact) mass is 632 g/mol. The zero-order chi connectivity index (χ0) is 31.3. The summed E-state index contributed by atoms with van der Waals surface area (Å²) in [6.07, 6.45) is 9.23. The smallest absolute Gasteiger partial charge is 0.409 e. The Morgan fingerprint density at radius 1 is 1.13 bits per heavy atom. The van der Waals surface area contributed by atoms with E-state index in [1.165, 1.54) is 0 Å². The number of aromatic nitrogens is 1. The van der Waals surface area contributed by atoms with Crippen LogP contribution in [-0.4, -0.2) is 109 Å². The third-order valence-electron chi connectivity index (χ3n) is 10.2. The van der Waals surface area contributed by atoms with Gasteiger partial charge in [0.25, 0.3) is 5.91 Å². The van der Waals surface area contributed by atoms with E-state index in [0.717, 1.165) is 40.8 Å². The van der Waals surface area contributed by atoms with Gasteiger partial charge in [-0.1, -0.05) is 30.7 Å². The number of fused-ring (bicyclic) bond motifs is 2. The summed E-state index contributed by atoms with van der Waals surface area (Å²) in [5, 5.41) is 4.00. The summed E-state index contributed by atoms with van der Waals surface area (Å²) in [6.45, 7) is 5.67. The maximum absolute atomic E-state index is 13.7. The van der Waals surface area contributed by atoms with E-state index in [1.807, 2.05) is 42.7 Å². The first kappa shape index (κ1) is 30.2. The summed E-state index contributed by atoms with van der Waals surface area (Å²) >= 11 is 6.71. The molecular formula is C34H41ClN6O4. The first-order chi connectivity index (χ1) is 21.7. The van der Waals surface area contributed by atoms with Crippen LogP contribution >= 0.6 is 11.6 Å². The van der Waals surface area contributed by atoms with Crippen molar-refractivity contribution in [1.29, 1.82) is 0 Å². The fourth-order valence-electron chi connectivity index (χ4n) is 6.79. The summed E-state index contributed by atoms with van der Waals surface area (Å²) in [5.74, 6) is -0.106. The third kappa shape index (κ3) is 5.84. The number of amides is 2. The average Bonchev–Trinajstić information content (AvgIpc) is 3.97. The van der Waals surface area contributed by atoms with Gasteiger partial charge in [0, 0.05) is 57.0 Å². The summed E-state index contributed by atoms with van der Waals surface area (Å²) in [4.78, 5) is 42.3. The molecule has 45 heavy (non-hydrogen) atoms. The predicted molar refractivity (Wildman–Crippen MR) is 173 cm³/mol. The van der Waals surface area contributed by atoms with E-state index in [2.05, 4.69) is 45.2 Å². The van der Waals surface area contributed by atoms with Crippen LogP contribution in [0.15, 0.2) is 41.5 Å². The van der Waals surface area contributed by atoms with Gasteiger partial charge in [0.05, 0.1) is 43.3 Å². The molecule has 3 heterocycles. The second kappa shape index (κ2) is 11.7. The Kier molecular flexibility index (Phi) is 7.86. The zero-order valence-electron chi connectivity index (χ0n) is 26.2. The van der Waals surface area contributed by atoms with Gasteiger partial charge in [-0.25, -0.2) is 4.79 Å². The quantitative estimate of drug-likeness (QED) is 0.465. The molecule has 3 atom stereocenters. The van der Waals surface area contributed by atoms with Crippen LogP contribution in [0.4, 0.5) is 4.79 Å². The second-order valence-electron chi connectivity index (χ2n) is 13.5. The fourth-order valence-corrected chi connectivity index (χ4v) is 6.97. The number of benzene rings is 1. The van der Waals surface area contributed by atoms with Gasteiger partial charge in [-0.05, 0) is 72.2 Å². The van der Waals surface area contributed by atoms with Crippen LogP contribution in [0.3, 0.4) is 0 Å². The van der Waals surface area contributed by atoms with Gasteiger partial charge in [-0.3, -0.25) is 19.7 Å². The molecule has 2 saturated carbocycles. The van der Waals surface area contributed by atoms with Crippen LogP contribution in [-0.2, 0) is 14.3 Å². The normalized spacial score (nSPS) is 25.0. The van der Waals surface area contributed by atoms with Gasteiger partial charge in [-0.2, -0.15) is 0 Å². The molecule has 5 aliphatic rings. The van der Waals surface area contributed by atoms with Crippen molar-refractivity contribution in [2.75, 3.05) is 53.5 Å². The summed E-state index contributed by atoms with van der Waals surface area (Å²) in [7, 11) is 3.60. The van der Waals surface area contributed by atoms with E-state index in [1.54, 1.807) is 7.11 Å². The van der Waals surface area contributed by atoms with Crippen LogP contribution < -0.4 is 5.32 Å². The number of nitrogens with zero attached hydrogens (tertiary/aromatic N) is 5. The predicted octanol–water partition coefficient (Wildman–Crippen LogP) is 4.24.